The van der Waals surface area contributed by atoms with E-state index in [0.717, 1.165) is 67.2 Å². The number of rotatable bonds is 10. The van der Waals surface area contributed by atoms with Crippen LogP contribution in [0.4, 0.5) is 21.5 Å². The normalized spacial score (nSPS) is 17.1. The van der Waals surface area contributed by atoms with Crippen LogP contribution in [-0.4, -0.2) is 56.4 Å². The summed E-state index contributed by atoms with van der Waals surface area (Å²) >= 11 is 0. The van der Waals surface area contributed by atoms with E-state index in [-0.39, 0.29) is 5.82 Å². The highest BCUT2D eigenvalue weighted by Crippen LogP contribution is 2.40. The number of ether oxygens (including phenoxy) is 3. The molecule has 9 nitrogen and oxygen atoms in total. The number of aromatic nitrogens is 1. The summed E-state index contributed by atoms with van der Waals surface area (Å²) in [7, 11) is 1.62. The van der Waals surface area contributed by atoms with Crippen LogP contribution in [0.2, 0.25) is 0 Å². The summed E-state index contributed by atoms with van der Waals surface area (Å²) < 4.78 is 31.1. The van der Waals surface area contributed by atoms with Gasteiger partial charge in [0.1, 0.15) is 11.9 Å². The van der Waals surface area contributed by atoms with Crippen LogP contribution < -0.4 is 25.2 Å². The predicted octanol–water partition coefficient (Wildman–Crippen LogP) is 5.90. The number of pyridine rings is 1. The maximum atomic E-state index is 13.7. The zero-order chi connectivity index (χ0) is 30.8. The molecule has 2 N–H and O–H groups in total. The molecule has 4 aromatic rings. The SMILES string of the molecule is COc1cc2c(Nc3ccc4c(c3)CNN4Cc3cccc(F)c3)c(C#N)cnc2cc1OCCCN1CCC2(CC1)COC2. The molecule has 0 amide bonds. The van der Waals surface area contributed by atoms with Gasteiger partial charge in [-0.15, -0.1) is 0 Å². The zero-order valence-corrected chi connectivity index (χ0v) is 25.4. The molecule has 0 radical (unpaired) electrons. The van der Waals surface area contributed by atoms with E-state index in [1.807, 2.05) is 35.3 Å². The van der Waals surface area contributed by atoms with Gasteiger partial charge in [-0.2, -0.15) is 5.26 Å². The Bertz CT molecular complexity index is 1740. The number of methoxy groups -OCH3 is 1. The van der Waals surface area contributed by atoms with Crippen LogP contribution >= 0.6 is 0 Å². The number of fused-ring (bicyclic) bond motifs is 2. The molecule has 0 saturated carbocycles. The van der Waals surface area contributed by atoms with E-state index < -0.39 is 0 Å². The first-order valence-corrected chi connectivity index (χ1v) is 15.5. The van der Waals surface area contributed by atoms with Gasteiger partial charge < -0.3 is 29.4 Å². The van der Waals surface area contributed by atoms with E-state index in [2.05, 4.69) is 32.8 Å². The van der Waals surface area contributed by atoms with Gasteiger partial charge in [0.25, 0.3) is 0 Å². The van der Waals surface area contributed by atoms with Crippen LogP contribution in [0.5, 0.6) is 11.5 Å². The Kier molecular flexibility index (Phi) is 8.15. The van der Waals surface area contributed by atoms with Crippen molar-refractivity contribution < 1.29 is 18.6 Å². The lowest BCUT2D eigenvalue weighted by Crippen LogP contribution is -2.51. The van der Waals surface area contributed by atoms with Gasteiger partial charge >= 0.3 is 0 Å². The van der Waals surface area contributed by atoms with Crippen molar-refractivity contribution in [3.63, 3.8) is 0 Å². The lowest BCUT2D eigenvalue weighted by atomic mass is 9.77. The van der Waals surface area contributed by atoms with Crippen molar-refractivity contribution >= 4 is 28.0 Å². The van der Waals surface area contributed by atoms with Crippen LogP contribution in [0.3, 0.4) is 0 Å². The molecule has 232 valence electrons. The number of hydrogen-bond acceptors (Lipinski definition) is 9. The number of nitrogens with zero attached hydrogens (tertiary/aromatic N) is 4. The zero-order valence-electron chi connectivity index (χ0n) is 25.4. The van der Waals surface area contributed by atoms with Gasteiger partial charge in [-0.05, 0) is 79.9 Å². The molecule has 1 spiro atoms. The summed E-state index contributed by atoms with van der Waals surface area (Å²) in [6.07, 6.45) is 4.95. The molecule has 1 aromatic heterocycles. The van der Waals surface area contributed by atoms with E-state index in [1.54, 1.807) is 25.4 Å². The van der Waals surface area contributed by atoms with Gasteiger partial charge in [0.15, 0.2) is 11.5 Å². The van der Waals surface area contributed by atoms with E-state index in [0.29, 0.717) is 53.4 Å². The van der Waals surface area contributed by atoms with Crippen LogP contribution in [0.1, 0.15) is 36.0 Å². The standard InChI is InChI=1S/C35H37FN6O3/c1-43-32-16-29-30(17-33(32)45-13-3-10-41-11-8-35(9-12-41)22-44-23-35)38-19-26(18-37)34(29)40-28-6-7-31-25(15-28)20-39-42(31)21-24-4-2-5-27(36)14-24/h2,4-7,14-17,19,39H,3,8-13,20-23H2,1H3,(H,38,40). The predicted molar refractivity (Wildman–Crippen MR) is 171 cm³/mol. The monoisotopic (exact) mass is 608 g/mol. The molecule has 7 rings (SSSR count). The highest BCUT2D eigenvalue weighted by atomic mass is 19.1. The fraction of sp³-hybridized carbons (Fsp3) is 0.371. The lowest BCUT2D eigenvalue weighted by Gasteiger charge is -2.47. The summed E-state index contributed by atoms with van der Waals surface area (Å²) in [6.45, 7) is 6.87. The Hall–Kier alpha value is -4.43. The molecule has 0 unspecified atom stereocenters. The van der Waals surface area contributed by atoms with Crippen LogP contribution in [0.25, 0.3) is 10.9 Å². The number of hydrazine groups is 1. The molecule has 0 aliphatic carbocycles. The summed E-state index contributed by atoms with van der Waals surface area (Å²) in [5.74, 6) is 0.989. The Balaban J connectivity index is 1.04. The quantitative estimate of drug-likeness (QED) is 0.213. The van der Waals surface area contributed by atoms with Crippen LogP contribution in [0, 0.1) is 22.6 Å². The molecule has 2 fully saturated rings. The van der Waals surface area contributed by atoms with Crippen molar-refractivity contribution in [2.75, 3.05) is 56.9 Å². The summed E-state index contributed by atoms with van der Waals surface area (Å²) in [6, 6.07) is 18.8. The van der Waals surface area contributed by atoms with Crippen LogP contribution in [-0.2, 0) is 17.8 Å². The summed E-state index contributed by atoms with van der Waals surface area (Å²) in [5.41, 5.74) is 9.50. The second kappa shape index (κ2) is 12.5. The van der Waals surface area contributed by atoms with Gasteiger partial charge in [0.05, 0.1) is 55.9 Å². The minimum atomic E-state index is -0.245. The second-order valence-electron chi connectivity index (χ2n) is 12.2. The second-order valence-corrected chi connectivity index (χ2v) is 12.2. The number of anilines is 3. The minimum Gasteiger partial charge on any atom is -0.493 e. The molecular weight excluding hydrogens is 571 g/mol. The first kappa shape index (κ1) is 29.3. The molecular formula is C35H37FN6O3. The highest BCUT2D eigenvalue weighted by Gasteiger charge is 2.40. The van der Waals surface area contributed by atoms with Crippen molar-refractivity contribution in [3.05, 3.63) is 83.3 Å². The smallest absolute Gasteiger partial charge is 0.163 e. The Morgan fingerprint density at radius 2 is 1.98 bits per heavy atom. The van der Waals surface area contributed by atoms with E-state index >= 15 is 0 Å². The topological polar surface area (TPSA) is 94.9 Å². The van der Waals surface area contributed by atoms with E-state index in [9.17, 15) is 9.65 Å². The summed E-state index contributed by atoms with van der Waals surface area (Å²) in [4.78, 5) is 7.09. The van der Waals surface area contributed by atoms with Gasteiger partial charge in [0.2, 0.25) is 0 Å². The maximum Gasteiger partial charge on any atom is 0.163 e. The van der Waals surface area contributed by atoms with Crippen molar-refractivity contribution in [2.24, 2.45) is 5.41 Å². The third-order valence-corrected chi connectivity index (χ3v) is 9.21. The van der Waals surface area contributed by atoms with Crippen molar-refractivity contribution in [2.45, 2.75) is 32.4 Å². The third-order valence-electron chi connectivity index (χ3n) is 9.21. The molecule has 3 aliphatic heterocycles. The Morgan fingerprint density at radius 3 is 2.73 bits per heavy atom. The number of nitrogens with one attached hydrogen (secondary N) is 2. The maximum absolute atomic E-state index is 13.7. The molecule has 0 atom stereocenters. The lowest BCUT2D eigenvalue weighted by molar-refractivity contribution is -0.139. The average Bonchev–Trinajstić information content (AvgIpc) is 3.44. The molecule has 45 heavy (non-hydrogen) atoms. The summed E-state index contributed by atoms with van der Waals surface area (Å²) in [5, 5.41) is 16.2. The fourth-order valence-electron chi connectivity index (χ4n) is 6.53. The third kappa shape index (κ3) is 6.12. The average molecular weight is 609 g/mol. The van der Waals surface area contributed by atoms with Crippen molar-refractivity contribution in [1.82, 2.24) is 15.3 Å². The molecule has 10 heteroatoms. The van der Waals surface area contributed by atoms with E-state index in [4.69, 9.17) is 14.2 Å². The highest BCUT2D eigenvalue weighted by molar-refractivity contribution is 5.97. The fourth-order valence-corrected chi connectivity index (χ4v) is 6.53. The largest absolute Gasteiger partial charge is 0.493 e. The number of piperidine rings is 1. The number of halogens is 1. The molecule has 3 aromatic carbocycles. The molecule has 4 heterocycles. The molecule has 2 saturated heterocycles. The van der Waals surface area contributed by atoms with Gasteiger partial charge in [-0.3, -0.25) is 4.98 Å². The Morgan fingerprint density at radius 1 is 1.11 bits per heavy atom. The van der Waals surface area contributed by atoms with Crippen LogP contribution in [0.15, 0.2) is 60.8 Å². The van der Waals surface area contributed by atoms with Crippen molar-refractivity contribution in [1.29, 1.82) is 5.26 Å². The Labute approximate surface area is 262 Å². The van der Waals surface area contributed by atoms with Crippen molar-refractivity contribution in [3.8, 4) is 17.6 Å². The number of benzene rings is 3. The molecule has 0 bridgehead atoms. The van der Waals surface area contributed by atoms with Gasteiger partial charge in [0, 0.05) is 41.8 Å². The van der Waals surface area contributed by atoms with Gasteiger partial charge in [-0.25, -0.2) is 9.82 Å². The first-order chi connectivity index (χ1) is 22.0. The number of likely N-dealkylation sites (tertiary alicyclic amines) is 1. The van der Waals surface area contributed by atoms with Gasteiger partial charge in [-0.1, -0.05) is 12.1 Å². The molecule has 3 aliphatic rings. The number of nitriles is 1. The minimum absolute atomic E-state index is 0.245. The van der Waals surface area contributed by atoms with E-state index in [1.165, 1.54) is 18.9 Å². The number of hydrogen-bond donors (Lipinski definition) is 2. The first-order valence-electron chi connectivity index (χ1n) is 15.5.